The summed E-state index contributed by atoms with van der Waals surface area (Å²) in [7, 11) is 0. The van der Waals surface area contributed by atoms with E-state index >= 15 is 0 Å². The smallest absolute Gasteiger partial charge is 0.225 e. The van der Waals surface area contributed by atoms with Crippen molar-refractivity contribution >= 4 is 28.9 Å². The van der Waals surface area contributed by atoms with Gasteiger partial charge in [0.05, 0.1) is 23.1 Å². The van der Waals surface area contributed by atoms with Gasteiger partial charge in [-0.1, -0.05) is 35.9 Å². The first-order valence-electron chi connectivity index (χ1n) is 12.0. The molecule has 1 saturated heterocycles. The lowest BCUT2D eigenvalue weighted by atomic mass is 9.91. The van der Waals surface area contributed by atoms with E-state index in [1.807, 2.05) is 12.1 Å². The van der Waals surface area contributed by atoms with Crippen molar-refractivity contribution in [2.24, 2.45) is 17.6 Å². The molecular weight excluding hydrogens is 493 g/mol. The van der Waals surface area contributed by atoms with Crippen molar-refractivity contribution in [2.45, 2.75) is 11.8 Å². The predicted molar refractivity (Wildman–Crippen MR) is 140 cm³/mol. The number of oxazole rings is 1. The molecule has 3 heterocycles. The third-order valence-corrected chi connectivity index (χ3v) is 8.12. The summed E-state index contributed by atoms with van der Waals surface area (Å²) >= 11 is 6.47. The second kappa shape index (κ2) is 8.93. The minimum atomic E-state index is -0.352. The molecule has 4 aromatic rings. The zero-order valence-corrected chi connectivity index (χ0v) is 20.6. The number of nitrogen functional groups attached to an aromatic ring is 1. The number of fused-ring (bicyclic) bond motifs is 1. The summed E-state index contributed by atoms with van der Waals surface area (Å²) in [6.07, 6.45) is 5.55. The van der Waals surface area contributed by atoms with Crippen LogP contribution in [0.25, 0.3) is 11.5 Å². The van der Waals surface area contributed by atoms with Gasteiger partial charge in [-0.25, -0.2) is 19.3 Å². The van der Waals surface area contributed by atoms with Gasteiger partial charge in [-0.2, -0.15) is 0 Å². The molecule has 2 aliphatic rings. The van der Waals surface area contributed by atoms with Crippen LogP contribution in [0.3, 0.4) is 0 Å². The Morgan fingerprint density at radius 2 is 2.05 bits per heavy atom. The summed E-state index contributed by atoms with van der Waals surface area (Å²) in [5.41, 5.74) is 14.3. The van der Waals surface area contributed by atoms with Gasteiger partial charge in [0.25, 0.3) is 0 Å². The number of halogens is 2. The first-order valence-corrected chi connectivity index (χ1v) is 12.4. The van der Waals surface area contributed by atoms with E-state index in [1.54, 1.807) is 36.7 Å². The number of rotatable bonds is 6. The molecule has 0 bridgehead atoms. The van der Waals surface area contributed by atoms with E-state index in [2.05, 4.69) is 19.9 Å². The lowest BCUT2D eigenvalue weighted by Gasteiger charge is -2.27. The average Bonchev–Trinajstić information content (AvgIpc) is 3.23. The zero-order chi connectivity index (χ0) is 25.7. The molecule has 0 spiro atoms. The van der Waals surface area contributed by atoms with Crippen molar-refractivity contribution < 1.29 is 8.81 Å². The lowest BCUT2D eigenvalue weighted by Crippen LogP contribution is -2.33. The minimum Gasteiger partial charge on any atom is -0.445 e. The number of hydrogen-bond acceptors (Lipinski definition) is 8. The topological polar surface area (TPSA) is 131 Å². The molecule has 2 aromatic heterocycles. The Labute approximate surface area is 218 Å². The van der Waals surface area contributed by atoms with E-state index < -0.39 is 0 Å². The first-order chi connectivity index (χ1) is 17.9. The highest BCUT2D eigenvalue weighted by Crippen LogP contribution is 2.63. The Bertz CT molecular complexity index is 1490. The normalized spacial score (nSPS) is 22.5. The molecule has 1 aliphatic carbocycles. The number of anilines is 2. The summed E-state index contributed by atoms with van der Waals surface area (Å²) in [4.78, 5) is 15.3. The van der Waals surface area contributed by atoms with Crippen LogP contribution >= 0.6 is 11.6 Å². The highest BCUT2D eigenvalue weighted by molar-refractivity contribution is 6.35. The van der Waals surface area contributed by atoms with Crippen molar-refractivity contribution in [3.8, 4) is 11.5 Å². The molecule has 188 valence electrons. The molecule has 0 radical (unpaired) electrons. The fourth-order valence-corrected chi connectivity index (χ4v) is 6.19. The lowest BCUT2D eigenvalue weighted by molar-refractivity contribution is 0.533. The summed E-state index contributed by atoms with van der Waals surface area (Å²) in [5, 5.41) is 9.03. The van der Waals surface area contributed by atoms with Crippen LogP contribution < -0.4 is 16.4 Å². The Morgan fingerprint density at radius 1 is 1.22 bits per heavy atom. The fourth-order valence-electron chi connectivity index (χ4n) is 5.92. The van der Waals surface area contributed by atoms with Crippen molar-refractivity contribution in [1.29, 1.82) is 5.41 Å². The molecule has 37 heavy (non-hydrogen) atoms. The van der Waals surface area contributed by atoms with Gasteiger partial charge in [-0.15, -0.1) is 0 Å². The maximum absolute atomic E-state index is 14.7. The second-order valence-corrected chi connectivity index (χ2v) is 9.95. The van der Waals surface area contributed by atoms with Gasteiger partial charge in [-0.05, 0) is 42.0 Å². The van der Waals surface area contributed by atoms with Crippen molar-refractivity contribution in [3.05, 3.63) is 88.8 Å². The molecule has 2 aromatic carbocycles. The molecule has 3 atom stereocenters. The Hall–Kier alpha value is -3.82. The van der Waals surface area contributed by atoms with Crippen LogP contribution in [0.2, 0.25) is 5.02 Å². The Balaban J connectivity index is 1.22. The summed E-state index contributed by atoms with van der Waals surface area (Å²) < 4.78 is 20.0. The van der Waals surface area contributed by atoms with Crippen molar-refractivity contribution in [1.82, 2.24) is 15.0 Å². The monoisotopic (exact) mass is 517 g/mol. The Kier molecular flexibility index (Phi) is 5.69. The number of piperidine rings is 1. The van der Waals surface area contributed by atoms with Crippen molar-refractivity contribution in [2.75, 3.05) is 30.3 Å². The van der Waals surface area contributed by atoms with Crippen LogP contribution in [0, 0.1) is 23.1 Å². The third kappa shape index (κ3) is 3.77. The summed E-state index contributed by atoms with van der Waals surface area (Å²) in [5.74, 6) is 1.58. The molecule has 0 amide bonds. The van der Waals surface area contributed by atoms with Gasteiger partial charge < -0.3 is 20.8 Å². The fraction of sp³-hybridized carbons (Fsp3) is 0.259. The molecule has 8 nitrogen and oxygen atoms in total. The molecule has 1 aliphatic heterocycles. The van der Waals surface area contributed by atoms with Crippen molar-refractivity contribution in [3.63, 3.8) is 0 Å². The molecule has 0 unspecified atom stereocenters. The van der Waals surface area contributed by atoms with E-state index in [4.69, 9.17) is 32.9 Å². The van der Waals surface area contributed by atoms with Crippen LogP contribution in [-0.4, -0.2) is 40.3 Å². The number of nitrogens with one attached hydrogen (secondary N) is 1. The van der Waals surface area contributed by atoms with E-state index in [0.717, 1.165) is 13.0 Å². The molecular formula is C27H25ClFN7O. The minimum absolute atomic E-state index is 0.0723. The quantitative estimate of drug-likeness (QED) is 0.325. The maximum Gasteiger partial charge on any atom is 0.225 e. The van der Waals surface area contributed by atoms with Gasteiger partial charge in [-0.3, -0.25) is 5.41 Å². The largest absolute Gasteiger partial charge is 0.445 e. The van der Waals surface area contributed by atoms with E-state index in [9.17, 15) is 4.39 Å². The summed E-state index contributed by atoms with van der Waals surface area (Å²) in [6.45, 7) is 1.84. The standard InChI is InChI=1S/C27H25ClFN7O/c28-20-11-15(26-33-8-10-37-26)5-6-16(20)23(31)24-25(32)35-22(12-34-24)36-9-7-17-19(13-36)27(17,14-30)18-3-1-2-4-21(18)29/h1-6,8,10-12,17,19,31H,7,9,13-14,30H2,(H2,32,35)/t17-,19+,27-/m1/s1. The van der Waals surface area contributed by atoms with Gasteiger partial charge in [0.15, 0.2) is 5.82 Å². The average molecular weight is 518 g/mol. The zero-order valence-electron chi connectivity index (χ0n) is 19.9. The number of benzene rings is 2. The van der Waals surface area contributed by atoms with Crippen LogP contribution in [0.15, 0.2) is 65.5 Å². The number of aromatic nitrogens is 3. The van der Waals surface area contributed by atoms with Gasteiger partial charge in [0, 0.05) is 36.2 Å². The third-order valence-electron chi connectivity index (χ3n) is 7.81. The Morgan fingerprint density at radius 3 is 2.76 bits per heavy atom. The highest BCUT2D eigenvalue weighted by atomic mass is 35.5. The second-order valence-electron chi connectivity index (χ2n) is 9.54. The number of hydrogen-bond donors (Lipinski definition) is 3. The highest BCUT2D eigenvalue weighted by Gasteiger charge is 2.66. The maximum atomic E-state index is 14.7. The molecule has 10 heteroatoms. The first kappa shape index (κ1) is 23.6. The molecule has 2 fully saturated rings. The summed E-state index contributed by atoms with van der Waals surface area (Å²) in [6, 6.07) is 12.1. The van der Waals surface area contributed by atoms with Crippen LogP contribution in [0.5, 0.6) is 0 Å². The molecule has 1 saturated carbocycles. The van der Waals surface area contributed by atoms with Crippen LogP contribution in [-0.2, 0) is 5.41 Å². The van der Waals surface area contributed by atoms with E-state index in [-0.39, 0.29) is 34.4 Å². The van der Waals surface area contributed by atoms with E-state index in [0.29, 0.717) is 52.4 Å². The van der Waals surface area contributed by atoms with Crippen LogP contribution in [0.4, 0.5) is 16.0 Å². The SMILES string of the molecule is N=C(c1ccc(-c2ncco2)cc1Cl)c1ncc(N2CC[C@@H]3[C@H](C2)[C@@]3(CN)c2ccccc2F)nc1N. The van der Waals surface area contributed by atoms with E-state index in [1.165, 1.54) is 12.3 Å². The van der Waals surface area contributed by atoms with Crippen LogP contribution in [0.1, 0.15) is 23.2 Å². The predicted octanol–water partition coefficient (Wildman–Crippen LogP) is 4.28. The molecule has 5 N–H and O–H groups in total. The number of nitrogens with zero attached hydrogens (tertiary/aromatic N) is 4. The van der Waals surface area contributed by atoms with Gasteiger partial charge in [0.1, 0.15) is 23.6 Å². The van der Waals surface area contributed by atoms with Gasteiger partial charge in [0.2, 0.25) is 5.89 Å². The molecule has 6 rings (SSSR count). The van der Waals surface area contributed by atoms with Gasteiger partial charge >= 0.3 is 0 Å². The number of nitrogens with two attached hydrogens (primary N) is 2.